The zero-order valence-corrected chi connectivity index (χ0v) is 15.2. The van der Waals surface area contributed by atoms with Crippen molar-refractivity contribution in [3.63, 3.8) is 0 Å². The SMILES string of the molecule is O=C(Cc1ccc(F)cc1)Nc1ccc(C(=O)N2CCC(C(=O)O)CC2)cc1. The van der Waals surface area contributed by atoms with Crippen molar-refractivity contribution in [2.45, 2.75) is 19.3 Å². The first kappa shape index (κ1) is 19.5. The number of carbonyl (C=O) groups excluding carboxylic acids is 2. The van der Waals surface area contributed by atoms with Crippen molar-refractivity contribution in [2.24, 2.45) is 5.92 Å². The summed E-state index contributed by atoms with van der Waals surface area (Å²) >= 11 is 0. The third-order valence-electron chi connectivity index (χ3n) is 4.82. The van der Waals surface area contributed by atoms with Crippen LogP contribution in [-0.4, -0.2) is 40.9 Å². The van der Waals surface area contributed by atoms with Crippen LogP contribution in [0.1, 0.15) is 28.8 Å². The second-order valence-electron chi connectivity index (χ2n) is 6.83. The maximum absolute atomic E-state index is 12.9. The van der Waals surface area contributed by atoms with Crippen LogP contribution < -0.4 is 5.32 Å². The lowest BCUT2D eigenvalue weighted by atomic mass is 9.96. The summed E-state index contributed by atoms with van der Waals surface area (Å²) in [6, 6.07) is 12.3. The molecule has 2 amide bonds. The normalized spacial score (nSPS) is 14.5. The number of nitrogens with zero attached hydrogens (tertiary/aromatic N) is 1. The Morgan fingerprint density at radius 2 is 1.61 bits per heavy atom. The van der Waals surface area contributed by atoms with E-state index in [9.17, 15) is 18.8 Å². The summed E-state index contributed by atoms with van der Waals surface area (Å²) in [5.74, 6) is -1.93. The minimum Gasteiger partial charge on any atom is -0.481 e. The van der Waals surface area contributed by atoms with Gasteiger partial charge in [-0.15, -0.1) is 0 Å². The lowest BCUT2D eigenvalue weighted by Gasteiger charge is -2.30. The van der Waals surface area contributed by atoms with E-state index >= 15 is 0 Å². The molecule has 7 heteroatoms. The molecule has 28 heavy (non-hydrogen) atoms. The van der Waals surface area contributed by atoms with Gasteiger partial charge in [-0.3, -0.25) is 14.4 Å². The molecule has 0 spiro atoms. The van der Waals surface area contributed by atoms with Crippen molar-refractivity contribution < 1.29 is 23.9 Å². The summed E-state index contributed by atoms with van der Waals surface area (Å²) in [6.07, 6.45) is 1.04. The number of hydrogen-bond acceptors (Lipinski definition) is 3. The molecular weight excluding hydrogens is 363 g/mol. The number of benzene rings is 2. The van der Waals surface area contributed by atoms with Crippen LogP contribution in [-0.2, 0) is 16.0 Å². The Morgan fingerprint density at radius 3 is 2.18 bits per heavy atom. The smallest absolute Gasteiger partial charge is 0.306 e. The van der Waals surface area contributed by atoms with Gasteiger partial charge in [-0.25, -0.2) is 4.39 Å². The first-order valence-electron chi connectivity index (χ1n) is 9.09. The monoisotopic (exact) mass is 384 g/mol. The molecule has 0 saturated carbocycles. The van der Waals surface area contributed by atoms with E-state index in [0.717, 1.165) is 0 Å². The molecule has 1 aliphatic rings. The molecule has 0 aliphatic carbocycles. The number of hydrogen-bond donors (Lipinski definition) is 2. The van der Waals surface area contributed by atoms with Gasteiger partial charge in [0.1, 0.15) is 5.82 Å². The Kier molecular flexibility index (Phi) is 6.03. The molecule has 0 atom stereocenters. The van der Waals surface area contributed by atoms with Crippen LogP contribution in [0, 0.1) is 11.7 Å². The predicted molar refractivity (Wildman–Crippen MR) is 101 cm³/mol. The molecule has 1 saturated heterocycles. The van der Waals surface area contributed by atoms with E-state index in [2.05, 4.69) is 5.32 Å². The number of carbonyl (C=O) groups is 3. The zero-order valence-electron chi connectivity index (χ0n) is 15.2. The van der Waals surface area contributed by atoms with Crippen molar-refractivity contribution in [1.82, 2.24) is 4.90 Å². The standard InChI is InChI=1S/C21H21FN2O4/c22-17-5-1-14(2-6-17)13-19(25)23-18-7-3-15(4-8-18)20(26)24-11-9-16(10-12-24)21(27)28/h1-8,16H,9-13H2,(H,23,25)(H,27,28). The van der Waals surface area contributed by atoms with Gasteiger partial charge in [-0.2, -0.15) is 0 Å². The number of piperidine rings is 1. The van der Waals surface area contributed by atoms with E-state index < -0.39 is 5.97 Å². The number of likely N-dealkylation sites (tertiary alicyclic amines) is 1. The highest BCUT2D eigenvalue weighted by atomic mass is 19.1. The van der Waals surface area contributed by atoms with E-state index in [-0.39, 0.29) is 30.0 Å². The van der Waals surface area contributed by atoms with Gasteiger partial charge in [-0.1, -0.05) is 12.1 Å². The number of carboxylic acid groups (broad SMARTS) is 1. The summed E-state index contributed by atoms with van der Waals surface area (Å²) in [4.78, 5) is 37.3. The second-order valence-corrected chi connectivity index (χ2v) is 6.83. The predicted octanol–water partition coefficient (Wildman–Crippen LogP) is 2.94. The Hall–Kier alpha value is -3.22. The molecular formula is C21H21FN2O4. The zero-order chi connectivity index (χ0) is 20.1. The summed E-state index contributed by atoms with van der Waals surface area (Å²) in [5, 5.41) is 11.8. The molecule has 0 radical (unpaired) electrons. The van der Waals surface area contributed by atoms with Crippen LogP contribution in [0.4, 0.5) is 10.1 Å². The lowest BCUT2D eigenvalue weighted by molar-refractivity contribution is -0.143. The van der Waals surface area contributed by atoms with Crippen LogP contribution in [0.3, 0.4) is 0 Å². The average Bonchev–Trinajstić information content (AvgIpc) is 2.70. The van der Waals surface area contributed by atoms with Crippen molar-refractivity contribution in [3.05, 3.63) is 65.5 Å². The van der Waals surface area contributed by atoms with Crippen LogP contribution in [0.15, 0.2) is 48.5 Å². The molecule has 0 bridgehead atoms. The third-order valence-corrected chi connectivity index (χ3v) is 4.82. The van der Waals surface area contributed by atoms with E-state index in [1.165, 1.54) is 12.1 Å². The fourth-order valence-corrected chi connectivity index (χ4v) is 3.20. The molecule has 6 nitrogen and oxygen atoms in total. The number of aliphatic carboxylic acids is 1. The molecule has 0 aromatic heterocycles. The maximum atomic E-state index is 12.9. The minimum absolute atomic E-state index is 0.124. The average molecular weight is 384 g/mol. The van der Waals surface area contributed by atoms with E-state index in [1.807, 2.05) is 0 Å². The Morgan fingerprint density at radius 1 is 1.00 bits per heavy atom. The highest BCUT2D eigenvalue weighted by Crippen LogP contribution is 2.20. The van der Waals surface area contributed by atoms with Crippen LogP contribution in [0.5, 0.6) is 0 Å². The fourth-order valence-electron chi connectivity index (χ4n) is 3.20. The number of rotatable bonds is 5. The van der Waals surface area contributed by atoms with Gasteiger partial charge in [0.25, 0.3) is 5.91 Å². The number of anilines is 1. The summed E-state index contributed by atoms with van der Waals surface area (Å²) < 4.78 is 12.9. The van der Waals surface area contributed by atoms with Crippen molar-refractivity contribution in [1.29, 1.82) is 0 Å². The molecule has 1 aliphatic heterocycles. The van der Waals surface area contributed by atoms with Gasteiger partial charge < -0.3 is 15.3 Å². The molecule has 1 fully saturated rings. The summed E-state index contributed by atoms with van der Waals surface area (Å²) in [5.41, 5.74) is 1.76. The van der Waals surface area contributed by atoms with Gasteiger partial charge in [0.15, 0.2) is 0 Å². The van der Waals surface area contributed by atoms with Gasteiger partial charge >= 0.3 is 5.97 Å². The topological polar surface area (TPSA) is 86.7 Å². The highest BCUT2D eigenvalue weighted by Gasteiger charge is 2.27. The van der Waals surface area contributed by atoms with Gasteiger partial charge in [0.05, 0.1) is 12.3 Å². The Balaban J connectivity index is 1.54. The molecule has 3 rings (SSSR count). The number of amides is 2. The quantitative estimate of drug-likeness (QED) is 0.830. The maximum Gasteiger partial charge on any atom is 0.306 e. The number of halogens is 1. The largest absolute Gasteiger partial charge is 0.481 e. The molecule has 2 N–H and O–H groups in total. The van der Waals surface area contributed by atoms with Crippen LogP contribution in [0.25, 0.3) is 0 Å². The molecule has 2 aromatic carbocycles. The Labute approximate surface area is 162 Å². The Bertz CT molecular complexity index is 857. The highest BCUT2D eigenvalue weighted by molar-refractivity contribution is 5.96. The van der Waals surface area contributed by atoms with E-state index in [0.29, 0.717) is 42.7 Å². The van der Waals surface area contributed by atoms with Crippen LogP contribution in [0.2, 0.25) is 0 Å². The first-order chi connectivity index (χ1) is 13.4. The van der Waals surface area contributed by atoms with Gasteiger partial charge in [0.2, 0.25) is 5.91 Å². The molecule has 0 unspecified atom stereocenters. The molecule has 2 aromatic rings. The van der Waals surface area contributed by atoms with Gasteiger partial charge in [-0.05, 0) is 54.8 Å². The summed E-state index contributed by atoms with van der Waals surface area (Å²) in [6.45, 7) is 0.845. The second kappa shape index (κ2) is 8.65. The number of nitrogens with one attached hydrogen (secondary N) is 1. The lowest BCUT2D eigenvalue weighted by Crippen LogP contribution is -2.40. The van der Waals surface area contributed by atoms with E-state index in [4.69, 9.17) is 5.11 Å². The van der Waals surface area contributed by atoms with E-state index in [1.54, 1.807) is 41.3 Å². The van der Waals surface area contributed by atoms with Crippen molar-refractivity contribution >= 4 is 23.5 Å². The minimum atomic E-state index is -0.812. The van der Waals surface area contributed by atoms with Gasteiger partial charge in [0, 0.05) is 24.3 Å². The summed E-state index contributed by atoms with van der Waals surface area (Å²) in [7, 11) is 0. The molecule has 1 heterocycles. The third kappa shape index (κ3) is 4.94. The van der Waals surface area contributed by atoms with Crippen molar-refractivity contribution in [3.8, 4) is 0 Å². The number of carboxylic acids is 1. The van der Waals surface area contributed by atoms with Crippen LogP contribution >= 0.6 is 0 Å². The molecule has 146 valence electrons. The fraction of sp³-hybridized carbons (Fsp3) is 0.286. The first-order valence-corrected chi connectivity index (χ1v) is 9.09. The van der Waals surface area contributed by atoms with Crippen molar-refractivity contribution in [2.75, 3.05) is 18.4 Å².